The third kappa shape index (κ3) is 5.45. The predicted molar refractivity (Wildman–Crippen MR) is 177 cm³/mol. The van der Waals surface area contributed by atoms with Crippen LogP contribution in [0.25, 0.3) is 23.3 Å². The van der Waals surface area contributed by atoms with Gasteiger partial charge in [0.15, 0.2) is 0 Å². The lowest BCUT2D eigenvalue weighted by Gasteiger charge is -2.34. The highest BCUT2D eigenvalue weighted by Crippen LogP contribution is 2.52. The molecular formula is C37H36B2O4. The number of hydrogen-bond acceptors (Lipinski definition) is 4. The van der Waals surface area contributed by atoms with E-state index in [2.05, 4.69) is 98.1 Å². The second kappa shape index (κ2) is 12.1. The second-order valence-electron chi connectivity index (χ2n) is 11.8. The normalized spacial score (nSPS) is 17.3. The third-order valence-electron chi connectivity index (χ3n) is 9.05. The maximum atomic E-state index is 6.08. The smallest absolute Gasteiger partial charge is 0.407 e. The minimum Gasteiger partial charge on any atom is -0.407 e. The van der Waals surface area contributed by atoms with E-state index in [1.165, 1.54) is 33.4 Å². The maximum Gasteiger partial charge on any atom is 0.493 e. The molecule has 0 radical (unpaired) electrons. The highest BCUT2D eigenvalue weighted by Gasteiger charge is 2.45. The molecular weight excluding hydrogens is 530 g/mol. The molecule has 3 aliphatic rings. The second-order valence-corrected chi connectivity index (χ2v) is 11.8. The van der Waals surface area contributed by atoms with Crippen molar-refractivity contribution in [1.29, 1.82) is 0 Å². The van der Waals surface area contributed by atoms with Crippen LogP contribution >= 0.6 is 0 Å². The lowest BCUT2D eigenvalue weighted by molar-refractivity contribution is 0.143. The zero-order valence-corrected chi connectivity index (χ0v) is 24.6. The van der Waals surface area contributed by atoms with Crippen LogP contribution in [0.1, 0.15) is 46.2 Å². The van der Waals surface area contributed by atoms with Crippen LogP contribution in [0, 0.1) is 0 Å². The average molecular weight is 566 g/mol. The van der Waals surface area contributed by atoms with Gasteiger partial charge in [-0.05, 0) is 81.1 Å². The summed E-state index contributed by atoms with van der Waals surface area (Å²) in [5.41, 5.74) is 11.7. The first-order chi connectivity index (χ1) is 21.2. The first-order valence-corrected chi connectivity index (χ1v) is 15.4. The first kappa shape index (κ1) is 28.1. The minimum atomic E-state index is -0.348. The minimum absolute atomic E-state index is 0.342. The molecule has 0 unspecified atom stereocenters. The Morgan fingerprint density at radius 1 is 0.558 bits per heavy atom. The van der Waals surface area contributed by atoms with E-state index < -0.39 is 0 Å². The molecule has 0 N–H and O–H groups in total. The van der Waals surface area contributed by atoms with Crippen molar-refractivity contribution in [2.24, 2.45) is 0 Å². The Morgan fingerprint density at radius 3 is 1.33 bits per heavy atom. The summed E-state index contributed by atoms with van der Waals surface area (Å²) in [6.45, 7) is 10.8. The van der Waals surface area contributed by atoms with Crippen molar-refractivity contribution in [3.8, 4) is 11.1 Å². The summed E-state index contributed by atoms with van der Waals surface area (Å²) in [5.74, 6) is 0. The molecule has 6 heteroatoms. The van der Waals surface area contributed by atoms with Gasteiger partial charge < -0.3 is 18.6 Å². The van der Waals surface area contributed by atoms with Crippen LogP contribution in [-0.2, 0) is 36.9 Å². The Bertz CT molecular complexity index is 1490. The van der Waals surface area contributed by atoms with Crippen LogP contribution in [0.4, 0.5) is 0 Å². The van der Waals surface area contributed by atoms with Gasteiger partial charge in [0.05, 0.1) is 0 Å². The van der Waals surface area contributed by atoms with Gasteiger partial charge in [-0.15, -0.1) is 0 Å². The van der Waals surface area contributed by atoms with Gasteiger partial charge in [-0.3, -0.25) is 0 Å². The van der Waals surface area contributed by atoms with Crippen molar-refractivity contribution >= 4 is 37.3 Å². The monoisotopic (exact) mass is 566 g/mol. The summed E-state index contributed by atoms with van der Waals surface area (Å²) in [4.78, 5) is 0. The van der Waals surface area contributed by atoms with Crippen LogP contribution in [0.15, 0.2) is 98.1 Å². The Hall–Kier alpha value is -3.67. The van der Waals surface area contributed by atoms with Crippen LogP contribution < -0.4 is 10.9 Å². The van der Waals surface area contributed by atoms with E-state index in [0.29, 0.717) is 26.4 Å². The van der Waals surface area contributed by atoms with Crippen LogP contribution in [-0.4, -0.2) is 40.7 Å². The van der Waals surface area contributed by atoms with Gasteiger partial charge >= 0.3 is 14.2 Å². The SMILES string of the molecule is C=Cc1ccc(CC2(Cc3ccc(C=C)cc3)c3cc(B4OCCCO4)ccc3-c3ccc(B4OCCCO4)cc32)cc1. The molecule has 4 nitrogen and oxygen atoms in total. The Kier molecular flexibility index (Phi) is 7.94. The molecule has 214 valence electrons. The first-order valence-electron chi connectivity index (χ1n) is 15.4. The van der Waals surface area contributed by atoms with E-state index in [0.717, 1.165) is 47.7 Å². The fraction of sp³-hybridized carbons (Fsp3) is 0.243. The highest BCUT2D eigenvalue weighted by atomic mass is 16.6. The summed E-state index contributed by atoms with van der Waals surface area (Å²) in [7, 11) is -0.697. The lowest BCUT2D eigenvalue weighted by Crippen LogP contribution is -2.42. The van der Waals surface area contributed by atoms with Gasteiger partial charge in [0, 0.05) is 31.8 Å². The molecule has 4 aromatic rings. The van der Waals surface area contributed by atoms with E-state index in [1.807, 2.05) is 12.2 Å². The molecule has 43 heavy (non-hydrogen) atoms. The van der Waals surface area contributed by atoms with Gasteiger partial charge in [0.1, 0.15) is 0 Å². The quantitative estimate of drug-likeness (QED) is 0.246. The number of fused-ring (bicyclic) bond motifs is 3. The molecule has 0 aromatic heterocycles. The van der Waals surface area contributed by atoms with E-state index in [9.17, 15) is 0 Å². The van der Waals surface area contributed by atoms with E-state index >= 15 is 0 Å². The zero-order chi connectivity index (χ0) is 29.2. The fourth-order valence-electron chi connectivity index (χ4n) is 6.87. The summed E-state index contributed by atoms with van der Waals surface area (Å²) >= 11 is 0. The summed E-state index contributed by atoms with van der Waals surface area (Å²) < 4.78 is 24.3. The Balaban J connectivity index is 1.42. The molecule has 7 rings (SSSR count). The van der Waals surface area contributed by atoms with E-state index in [-0.39, 0.29) is 19.7 Å². The van der Waals surface area contributed by atoms with Crippen LogP contribution in [0.3, 0.4) is 0 Å². The topological polar surface area (TPSA) is 36.9 Å². The van der Waals surface area contributed by atoms with Gasteiger partial charge in [0.2, 0.25) is 0 Å². The molecule has 1 aliphatic carbocycles. The lowest BCUT2D eigenvalue weighted by atomic mass is 9.66. The summed E-state index contributed by atoms with van der Waals surface area (Å²) in [6, 6.07) is 31.2. The van der Waals surface area contributed by atoms with Crippen molar-refractivity contribution in [3.05, 3.63) is 131 Å². The van der Waals surface area contributed by atoms with Gasteiger partial charge in [-0.2, -0.15) is 0 Å². The highest BCUT2D eigenvalue weighted by molar-refractivity contribution is 6.62. The van der Waals surface area contributed by atoms with Crippen molar-refractivity contribution in [2.45, 2.75) is 31.1 Å². The molecule has 2 heterocycles. The van der Waals surface area contributed by atoms with Gasteiger partial charge in [0.25, 0.3) is 0 Å². The molecule has 0 bridgehead atoms. The van der Waals surface area contributed by atoms with E-state index in [4.69, 9.17) is 18.6 Å². The van der Waals surface area contributed by atoms with E-state index in [1.54, 1.807) is 0 Å². The van der Waals surface area contributed by atoms with Crippen molar-refractivity contribution < 1.29 is 18.6 Å². The van der Waals surface area contributed by atoms with Gasteiger partial charge in [-0.25, -0.2) is 0 Å². The molecule has 0 saturated carbocycles. The zero-order valence-electron chi connectivity index (χ0n) is 24.6. The maximum absolute atomic E-state index is 6.08. The number of benzene rings is 4. The molecule has 0 amide bonds. The average Bonchev–Trinajstić information content (AvgIpc) is 3.34. The van der Waals surface area contributed by atoms with Crippen molar-refractivity contribution in [1.82, 2.24) is 0 Å². The molecule has 0 spiro atoms. The third-order valence-corrected chi connectivity index (χ3v) is 9.05. The van der Waals surface area contributed by atoms with Crippen LogP contribution in [0.2, 0.25) is 0 Å². The molecule has 2 fully saturated rings. The molecule has 0 atom stereocenters. The summed E-state index contributed by atoms with van der Waals surface area (Å²) in [5, 5.41) is 0. The number of hydrogen-bond donors (Lipinski definition) is 0. The Morgan fingerprint density at radius 2 is 0.953 bits per heavy atom. The fourth-order valence-corrected chi connectivity index (χ4v) is 6.87. The predicted octanol–water partition coefficient (Wildman–Crippen LogP) is 5.99. The van der Waals surface area contributed by atoms with Gasteiger partial charge in [-0.1, -0.05) is 110 Å². The molecule has 4 aromatic carbocycles. The van der Waals surface area contributed by atoms with Crippen LogP contribution in [0.5, 0.6) is 0 Å². The van der Waals surface area contributed by atoms with Crippen molar-refractivity contribution in [3.63, 3.8) is 0 Å². The molecule has 2 aliphatic heterocycles. The molecule has 2 saturated heterocycles. The number of rotatable bonds is 8. The summed E-state index contributed by atoms with van der Waals surface area (Å²) in [6.07, 6.45) is 7.30. The largest absolute Gasteiger partial charge is 0.493 e. The standard InChI is InChI=1S/C37H36B2O4/c1-3-27-7-11-29(12-8-27)25-37(26-30-13-9-28(4-2)10-14-30)35-23-31(38-40-19-5-20-41-38)15-17-33(35)34-18-16-32(24-36(34)37)39-42-21-6-22-43-39/h3-4,7-18,23-24H,1-2,5-6,19-22,25-26H2. The Labute approximate surface area is 255 Å². The van der Waals surface area contributed by atoms with Crippen molar-refractivity contribution in [2.75, 3.05) is 26.4 Å².